The zero-order valence-electron chi connectivity index (χ0n) is 17.1. The second-order valence-corrected chi connectivity index (χ2v) is 7.13. The lowest BCUT2D eigenvalue weighted by atomic mass is 10.0. The van der Waals surface area contributed by atoms with Crippen molar-refractivity contribution in [1.82, 2.24) is 10.6 Å². The maximum absolute atomic E-state index is 9.25. The number of nitrogens with zero attached hydrogens (tertiary/aromatic N) is 2. The highest BCUT2D eigenvalue weighted by atomic mass is 16.5. The molecule has 0 radical (unpaired) electrons. The van der Waals surface area contributed by atoms with E-state index in [1.165, 1.54) is 0 Å². The van der Waals surface area contributed by atoms with Crippen molar-refractivity contribution in [3.63, 3.8) is 0 Å². The average molecular weight is 377 g/mol. The predicted octanol–water partition coefficient (Wildman–Crippen LogP) is 2.63. The molecule has 3 N–H and O–H groups in total. The summed E-state index contributed by atoms with van der Waals surface area (Å²) in [6, 6.07) is 8.54. The SMILES string of the molecule is CCCC(CCO)CN=C(NCC)NC1CCN(c2ccccc2OC)C1. The van der Waals surface area contributed by atoms with E-state index in [1.807, 2.05) is 12.1 Å². The van der Waals surface area contributed by atoms with E-state index < -0.39 is 0 Å². The van der Waals surface area contributed by atoms with Crippen molar-refractivity contribution in [1.29, 1.82) is 0 Å². The molecule has 1 saturated heterocycles. The topological polar surface area (TPSA) is 69.1 Å². The molecule has 152 valence electrons. The second-order valence-electron chi connectivity index (χ2n) is 7.13. The van der Waals surface area contributed by atoms with Crippen molar-refractivity contribution in [2.75, 3.05) is 44.8 Å². The van der Waals surface area contributed by atoms with Gasteiger partial charge in [-0.25, -0.2) is 0 Å². The quantitative estimate of drug-likeness (QED) is 0.433. The molecule has 6 heteroatoms. The lowest BCUT2D eigenvalue weighted by Crippen LogP contribution is -2.44. The first-order valence-corrected chi connectivity index (χ1v) is 10.2. The number of anilines is 1. The smallest absolute Gasteiger partial charge is 0.191 e. The lowest BCUT2D eigenvalue weighted by molar-refractivity contribution is 0.253. The van der Waals surface area contributed by atoms with Crippen LogP contribution in [0.4, 0.5) is 5.69 Å². The summed E-state index contributed by atoms with van der Waals surface area (Å²) in [5.41, 5.74) is 1.15. The molecule has 1 fully saturated rings. The van der Waals surface area contributed by atoms with E-state index in [-0.39, 0.29) is 6.61 Å². The molecule has 0 aromatic heterocycles. The van der Waals surface area contributed by atoms with E-state index >= 15 is 0 Å². The van der Waals surface area contributed by atoms with Crippen LogP contribution in [0, 0.1) is 5.92 Å². The first kappa shape index (κ1) is 21.4. The number of benzene rings is 1. The molecule has 0 spiro atoms. The number of ether oxygens (including phenoxy) is 1. The fraction of sp³-hybridized carbons (Fsp3) is 0.667. The first-order chi connectivity index (χ1) is 13.2. The lowest BCUT2D eigenvalue weighted by Gasteiger charge is -2.22. The number of aliphatic hydroxyl groups excluding tert-OH is 1. The van der Waals surface area contributed by atoms with Crippen molar-refractivity contribution >= 4 is 11.6 Å². The summed E-state index contributed by atoms with van der Waals surface area (Å²) in [5, 5.41) is 16.2. The Bertz CT molecular complexity index is 573. The molecule has 2 unspecified atom stereocenters. The number of nitrogens with one attached hydrogen (secondary N) is 2. The summed E-state index contributed by atoms with van der Waals surface area (Å²) < 4.78 is 5.50. The van der Waals surface area contributed by atoms with Crippen LogP contribution >= 0.6 is 0 Å². The molecule has 1 aromatic carbocycles. The van der Waals surface area contributed by atoms with Gasteiger partial charge in [0.05, 0.1) is 12.8 Å². The zero-order valence-corrected chi connectivity index (χ0v) is 17.1. The van der Waals surface area contributed by atoms with Crippen LogP contribution in [0.25, 0.3) is 0 Å². The fourth-order valence-electron chi connectivity index (χ4n) is 3.64. The molecule has 6 nitrogen and oxygen atoms in total. The molecule has 0 saturated carbocycles. The van der Waals surface area contributed by atoms with Gasteiger partial charge in [-0.3, -0.25) is 4.99 Å². The Morgan fingerprint density at radius 1 is 1.33 bits per heavy atom. The highest BCUT2D eigenvalue weighted by Crippen LogP contribution is 2.30. The number of methoxy groups -OCH3 is 1. The standard InChI is InChI=1S/C21H36N4O2/c1-4-8-17(12-14-26)15-23-21(22-5-2)24-18-11-13-25(16-18)19-9-6-7-10-20(19)27-3/h6-7,9-10,17-18,26H,4-5,8,11-16H2,1-3H3,(H2,22,23,24). The number of aliphatic imine (C=N–C) groups is 1. The van der Waals surface area contributed by atoms with Crippen LogP contribution in [-0.2, 0) is 0 Å². The molecule has 0 amide bonds. The van der Waals surface area contributed by atoms with E-state index in [0.717, 1.165) is 69.3 Å². The van der Waals surface area contributed by atoms with E-state index in [9.17, 15) is 5.11 Å². The van der Waals surface area contributed by atoms with E-state index in [1.54, 1.807) is 7.11 Å². The summed E-state index contributed by atoms with van der Waals surface area (Å²) in [6.07, 6.45) is 4.12. The molecular weight excluding hydrogens is 340 g/mol. The Kier molecular flexibility index (Phi) is 9.25. The Hall–Kier alpha value is -1.95. The maximum Gasteiger partial charge on any atom is 0.191 e. The van der Waals surface area contributed by atoms with Gasteiger partial charge in [-0.2, -0.15) is 0 Å². The van der Waals surface area contributed by atoms with Gasteiger partial charge in [0.15, 0.2) is 5.96 Å². The van der Waals surface area contributed by atoms with Gasteiger partial charge < -0.3 is 25.4 Å². The van der Waals surface area contributed by atoms with Crippen LogP contribution in [0.5, 0.6) is 5.75 Å². The number of para-hydroxylation sites is 2. The van der Waals surface area contributed by atoms with Crippen molar-refractivity contribution < 1.29 is 9.84 Å². The van der Waals surface area contributed by atoms with Crippen LogP contribution in [0.3, 0.4) is 0 Å². The molecule has 2 rings (SSSR count). The van der Waals surface area contributed by atoms with Crippen LogP contribution < -0.4 is 20.3 Å². The van der Waals surface area contributed by atoms with Gasteiger partial charge in [-0.1, -0.05) is 25.5 Å². The third kappa shape index (κ3) is 6.61. The Morgan fingerprint density at radius 2 is 2.15 bits per heavy atom. The van der Waals surface area contributed by atoms with Crippen molar-refractivity contribution in [3.8, 4) is 5.75 Å². The van der Waals surface area contributed by atoms with Gasteiger partial charge in [0.2, 0.25) is 0 Å². The highest BCUT2D eigenvalue weighted by molar-refractivity contribution is 5.80. The largest absolute Gasteiger partial charge is 0.495 e. The number of rotatable bonds is 10. The summed E-state index contributed by atoms with van der Waals surface area (Å²) in [5.74, 6) is 2.25. The van der Waals surface area contributed by atoms with E-state index in [0.29, 0.717) is 12.0 Å². The van der Waals surface area contributed by atoms with Crippen LogP contribution in [0.2, 0.25) is 0 Å². The number of hydrogen-bond acceptors (Lipinski definition) is 4. The molecule has 1 heterocycles. The molecule has 2 atom stereocenters. The fourth-order valence-corrected chi connectivity index (χ4v) is 3.64. The average Bonchev–Trinajstić information content (AvgIpc) is 3.14. The second kappa shape index (κ2) is 11.7. The van der Waals surface area contributed by atoms with E-state index in [2.05, 4.69) is 41.5 Å². The normalized spacial score (nSPS) is 18.4. The van der Waals surface area contributed by atoms with E-state index in [4.69, 9.17) is 9.73 Å². The first-order valence-electron chi connectivity index (χ1n) is 10.2. The minimum absolute atomic E-state index is 0.237. The summed E-state index contributed by atoms with van der Waals surface area (Å²) >= 11 is 0. The van der Waals surface area contributed by atoms with Gasteiger partial charge in [-0.15, -0.1) is 0 Å². The van der Waals surface area contributed by atoms with Gasteiger partial charge in [0, 0.05) is 38.8 Å². The van der Waals surface area contributed by atoms with Crippen molar-refractivity contribution in [3.05, 3.63) is 24.3 Å². The van der Waals surface area contributed by atoms with Crippen LogP contribution in [0.1, 0.15) is 39.5 Å². The van der Waals surface area contributed by atoms with Crippen molar-refractivity contribution in [2.45, 2.75) is 45.6 Å². The summed E-state index contributed by atoms with van der Waals surface area (Å²) in [7, 11) is 1.72. The molecule has 27 heavy (non-hydrogen) atoms. The van der Waals surface area contributed by atoms with Crippen molar-refractivity contribution in [2.24, 2.45) is 10.9 Å². The minimum atomic E-state index is 0.237. The summed E-state index contributed by atoms with van der Waals surface area (Å²) in [4.78, 5) is 7.15. The molecule has 1 aliphatic rings. The maximum atomic E-state index is 9.25. The van der Waals surface area contributed by atoms with Crippen LogP contribution in [-0.4, -0.2) is 57.0 Å². The zero-order chi connectivity index (χ0) is 19.5. The molecule has 0 bridgehead atoms. The van der Waals surface area contributed by atoms with Gasteiger partial charge >= 0.3 is 0 Å². The Balaban J connectivity index is 1.95. The summed E-state index contributed by atoms with van der Waals surface area (Å²) in [6.45, 7) is 8.04. The van der Waals surface area contributed by atoms with Gasteiger partial charge in [0.25, 0.3) is 0 Å². The molecule has 0 aliphatic carbocycles. The molecule has 1 aromatic rings. The Morgan fingerprint density at radius 3 is 2.85 bits per heavy atom. The monoisotopic (exact) mass is 376 g/mol. The molecular formula is C21H36N4O2. The predicted molar refractivity (Wildman–Crippen MR) is 113 cm³/mol. The number of aliphatic hydroxyl groups is 1. The Labute approximate surface area is 164 Å². The van der Waals surface area contributed by atoms with Gasteiger partial charge in [-0.05, 0) is 44.2 Å². The third-order valence-corrected chi connectivity index (χ3v) is 5.04. The highest BCUT2D eigenvalue weighted by Gasteiger charge is 2.25. The molecule has 1 aliphatic heterocycles. The minimum Gasteiger partial charge on any atom is -0.495 e. The third-order valence-electron chi connectivity index (χ3n) is 5.04. The van der Waals surface area contributed by atoms with Crippen LogP contribution in [0.15, 0.2) is 29.3 Å². The van der Waals surface area contributed by atoms with Gasteiger partial charge in [0.1, 0.15) is 5.75 Å². The number of guanidine groups is 1. The number of hydrogen-bond donors (Lipinski definition) is 3.